The molecule has 0 radical (unpaired) electrons. The van der Waals surface area contributed by atoms with Crippen molar-refractivity contribution < 1.29 is 0 Å². The smallest absolute Gasteiger partial charge is 0.231 e. The van der Waals surface area contributed by atoms with Crippen molar-refractivity contribution >= 4 is 17.5 Å². The van der Waals surface area contributed by atoms with E-state index in [0.29, 0.717) is 0 Å². The second kappa shape index (κ2) is 5.95. The van der Waals surface area contributed by atoms with Crippen molar-refractivity contribution in [2.75, 3.05) is 29.9 Å². The Labute approximate surface area is 125 Å². The lowest BCUT2D eigenvalue weighted by molar-refractivity contribution is 0.799. The lowest BCUT2D eigenvalue weighted by Gasteiger charge is -2.26. The van der Waals surface area contributed by atoms with Gasteiger partial charge in [0.25, 0.3) is 0 Å². The van der Waals surface area contributed by atoms with E-state index in [2.05, 4.69) is 40.2 Å². The normalized spacial score (nSPS) is 14.3. The molecular formula is C17H20N4. The first-order valence-corrected chi connectivity index (χ1v) is 7.28. The maximum Gasteiger partial charge on any atom is 0.231 e. The summed E-state index contributed by atoms with van der Waals surface area (Å²) in [7, 11) is 2.00. The quantitative estimate of drug-likeness (QED) is 0.807. The van der Waals surface area contributed by atoms with Crippen LogP contribution in [0.15, 0.2) is 48.6 Å². The zero-order valence-corrected chi connectivity index (χ0v) is 12.5. The van der Waals surface area contributed by atoms with Crippen LogP contribution in [0.25, 0.3) is 0 Å². The standard InChI is InChI=1S/C17H20N4/c1-14-13-16(21-11-7-4-8-12-21)19-17(18-14)20(2)15-9-5-3-6-10-15/h3-7,9-10,13H,8,11-12H2,1-2H3. The Kier molecular flexibility index (Phi) is 3.86. The Bertz CT molecular complexity index is 636. The van der Waals surface area contributed by atoms with Crippen LogP contribution in [0.5, 0.6) is 0 Å². The predicted octanol–water partition coefficient (Wildman–Crippen LogP) is 3.32. The molecule has 0 saturated heterocycles. The van der Waals surface area contributed by atoms with Gasteiger partial charge in [-0.15, -0.1) is 0 Å². The van der Waals surface area contributed by atoms with Gasteiger partial charge in [-0.3, -0.25) is 0 Å². The van der Waals surface area contributed by atoms with Gasteiger partial charge in [0, 0.05) is 37.6 Å². The van der Waals surface area contributed by atoms with E-state index in [9.17, 15) is 0 Å². The highest BCUT2D eigenvalue weighted by Crippen LogP contribution is 2.23. The van der Waals surface area contributed by atoms with Gasteiger partial charge < -0.3 is 9.80 Å². The molecule has 1 aliphatic heterocycles. The minimum Gasteiger partial charge on any atom is -0.352 e. The fourth-order valence-corrected chi connectivity index (χ4v) is 2.47. The third kappa shape index (κ3) is 3.05. The molecule has 0 bridgehead atoms. The van der Waals surface area contributed by atoms with Gasteiger partial charge in [-0.25, -0.2) is 4.98 Å². The van der Waals surface area contributed by atoms with Crippen molar-refractivity contribution in [2.45, 2.75) is 13.3 Å². The number of aryl methyl sites for hydroxylation is 1. The molecule has 1 aliphatic rings. The Balaban J connectivity index is 1.92. The van der Waals surface area contributed by atoms with E-state index in [0.717, 1.165) is 42.7 Å². The first-order chi connectivity index (χ1) is 10.2. The van der Waals surface area contributed by atoms with E-state index in [1.807, 2.05) is 37.1 Å². The van der Waals surface area contributed by atoms with Gasteiger partial charge in [-0.1, -0.05) is 30.4 Å². The second-order valence-corrected chi connectivity index (χ2v) is 5.27. The summed E-state index contributed by atoms with van der Waals surface area (Å²) in [6.45, 7) is 3.96. The molecule has 0 saturated carbocycles. The fraction of sp³-hybridized carbons (Fsp3) is 0.294. The molecule has 21 heavy (non-hydrogen) atoms. The van der Waals surface area contributed by atoms with Gasteiger partial charge in [-0.05, 0) is 25.5 Å². The van der Waals surface area contributed by atoms with E-state index in [1.165, 1.54) is 0 Å². The number of hydrogen-bond acceptors (Lipinski definition) is 4. The average molecular weight is 280 g/mol. The molecule has 108 valence electrons. The van der Waals surface area contributed by atoms with Gasteiger partial charge in [0.1, 0.15) is 5.82 Å². The summed E-state index contributed by atoms with van der Waals surface area (Å²) < 4.78 is 0. The van der Waals surface area contributed by atoms with Crippen LogP contribution in [0.3, 0.4) is 0 Å². The van der Waals surface area contributed by atoms with Gasteiger partial charge in [-0.2, -0.15) is 4.98 Å². The van der Waals surface area contributed by atoms with Crippen LogP contribution in [0.2, 0.25) is 0 Å². The Morgan fingerprint density at radius 3 is 2.62 bits per heavy atom. The maximum absolute atomic E-state index is 4.74. The van der Waals surface area contributed by atoms with Crippen LogP contribution in [-0.4, -0.2) is 30.1 Å². The molecule has 0 fully saturated rings. The second-order valence-electron chi connectivity index (χ2n) is 5.27. The number of para-hydroxylation sites is 1. The third-order valence-corrected chi connectivity index (χ3v) is 3.65. The summed E-state index contributed by atoms with van der Waals surface area (Å²) in [4.78, 5) is 13.6. The highest BCUT2D eigenvalue weighted by molar-refractivity contribution is 5.58. The maximum atomic E-state index is 4.74. The third-order valence-electron chi connectivity index (χ3n) is 3.65. The Morgan fingerprint density at radius 1 is 1.10 bits per heavy atom. The molecular weight excluding hydrogens is 260 g/mol. The first-order valence-electron chi connectivity index (χ1n) is 7.28. The van der Waals surface area contributed by atoms with Gasteiger partial charge >= 0.3 is 0 Å². The van der Waals surface area contributed by atoms with E-state index in [-0.39, 0.29) is 0 Å². The summed E-state index contributed by atoms with van der Waals surface area (Å²) in [6, 6.07) is 12.3. The number of anilines is 3. The van der Waals surface area contributed by atoms with Crippen LogP contribution >= 0.6 is 0 Å². The van der Waals surface area contributed by atoms with Crippen LogP contribution in [-0.2, 0) is 0 Å². The molecule has 0 amide bonds. The zero-order chi connectivity index (χ0) is 14.7. The predicted molar refractivity (Wildman–Crippen MR) is 87.2 cm³/mol. The van der Waals surface area contributed by atoms with Crippen molar-refractivity contribution in [3.8, 4) is 0 Å². The Hall–Kier alpha value is -2.36. The summed E-state index contributed by atoms with van der Waals surface area (Å²) in [6.07, 6.45) is 5.50. The van der Waals surface area contributed by atoms with E-state index >= 15 is 0 Å². The lowest BCUT2D eigenvalue weighted by atomic mass is 10.2. The summed E-state index contributed by atoms with van der Waals surface area (Å²) in [5.74, 6) is 1.75. The summed E-state index contributed by atoms with van der Waals surface area (Å²) in [5, 5.41) is 0. The van der Waals surface area contributed by atoms with Crippen molar-refractivity contribution in [1.82, 2.24) is 9.97 Å². The highest BCUT2D eigenvalue weighted by Gasteiger charge is 2.14. The molecule has 0 unspecified atom stereocenters. The number of benzene rings is 1. The van der Waals surface area contributed by atoms with Crippen molar-refractivity contribution in [3.05, 3.63) is 54.2 Å². The first kappa shape index (κ1) is 13.6. The number of aromatic nitrogens is 2. The molecule has 1 aromatic carbocycles. The molecule has 2 heterocycles. The fourth-order valence-electron chi connectivity index (χ4n) is 2.47. The zero-order valence-electron chi connectivity index (χ0n) is 12.5. The number of nitrogens with zero attached hydrogens (tertiary/aromatic N) is 4. The van der Waals surface area contributed by atoms with E-state index in [1.54, 1.807) is 0 Å². The van der Waals surface area contributed by atoms with Crippen LogP contribution in [0.1, 0.15) is 12.1 Å². The number of rotatable bonds is 3. The molecule has 1 aromatic heterocycles. The van der Waals surface area contributed by atoms with Crippen molar-refractivity contribution in [1.29, 1.82) is 0 Å². The van der Waals surface area contributed by atoms with Crippen molar-refractivity contribution in [2.24, 2.45) is 0 Å². The molecule has 4 heteroatoms. The van der Waals surface area contributed by atoms with Crippen LogP contribution in [0, 0.1) is 6.92 Å². The minimum absolute atomic E-state index is 0.741. The molecule has 0 spiro atoms. The molecule has 0 aliphatic carbocycles. The van der Waals surface area contributed by atoms with E-state index in [4.69, 9.17) is 4.98 Å². The summed E-state index contributed by atoms with van der Waals surface area (Å²) in [5.41, 5.74) is 2.08. The van der Waals surface area contributed by atoms with Gasteiger partial charge in [0.2, 0.25) is 5.95 Å². The monoisotopic (exact) mass is 280 g/mol. The molecule has 0 N–H and O–H groups in total. The SMILES string of the molecule is Cc1cc(N2CC=CCC2)nc(N(C)c2ccccc2)n1. The topological polar surface area (TPSA) is 32.3 Å². The summed E-state index contributed by atoms with van der Waals surface area (Å²) >= 11 is 0. The average Bonchev–Trinajstić information content (AvgIpc) is 2.55. The Morgan fingerprint density at radius 2 is 1.90 bits per heavy atom. The molecule has 4 nitrogen and oxygen atoms in total. The van der Waals surface area contributed by atoms with E-state index < -0.39 is 0 Å². The van der Waals surface area contributed by atoms with Gasteiger partial charge in [0.15, 0.2) is 0 Å². The molecule has 3 rings (SSSR count). The lowest BCUT2D eigenvalue weighted by Crippen LogP contribution is -2.28. The molecule has 2 aromatic rings. The minimum atomic E-state index is 0.741. The van der Waals surface area contributed by atoms with Gasteiger partial charge in [0.05, 0.1) is 0 Å². The molecule has 0 atom stereocenters. The van der Waals surface area contributed by atoms with Crippen molar-refractivity contribution in [3.63, 3.8) is 0 Å². The van der Waals surface area contributed by atoms with Crippen LogP contribution in [0.4, 0.5) is 17.5 Å². The highest BCUT2D eigenvalue weighted by atomic mass is 15.3. The number of hydrogen-bond donors (Lipinski definition) is 0. The largest absolute Gasteiger partial charge is 0.352 e. The van der Waals surface area contributed by atoms with Crippen LogP contribution < -0.4 is 9.80 Å².